The molecule has 0 heteroatoms. The summed E-state index contributed by atoms with van der Waals surface area (Å²) in [6, 6.07) is 0. The Kier molecular flexibility index (Phi) is 2.46. The molecule has 0 aromatic rings. The van der Waals surface area contributed by atoms with Gasteiger partial charge in [-0.3, -0.25) is 0 Å². The maximum atomic E-state index is 2.38. The molecule has 0 saturated carbocycles. The molecule has 0 unspecified atom stereocenters. The fourth-order valence-corrected chi connectivity index (χ4v) is 2.89. The van der Waals surface area contributed by atoms with Crippen LogP contribution in [-0.4, -0.2) is 0 Å². The molecule has 2 aliphatic rings. The zero-order valence-electron chi connectivity index (χ0n) is 10.2. The number of hydrogen-bond donors (Lipinski definition) is 0. The van der Waals surface area contributed by atoms with Gasteiger partial charge in [0.1, 0.15) is 0 Å². The van der Waals surface area contributed by atoms with Crippen molar-refractivity contribution in [2.45, 2.75) is 40.5 Å². The molecule has 0 saturated heterocycles. The summed E-state index contributed by atoms with van der Waals surface area (Å²) in [5.41, 5.74) is 6.14. The van der Waals surface area contributed by atoms with Gasteiger partial charge in [-0.15, -0.1) is 0 Å². The number of hydrogen-bond acceptors (Lipinski definition) is 0. The highest BCUT2D eigenvalue weighted by Gasteiger charge is 2.31. The minimum absolute atomic E-state index is 0.189. The van der Waals surface area contributed by atoms with Crippen molar-refractivity contribution in [1.29, 1.82) is 0 Å². The molecule has 80 valence electrons. The highest BCUT2D eigenvalue weighted by atomic mass is 14.3. The first-order valence-corrected chi connectivity index (χ1v) is 5.79. The van der Waals surface area contributed by atoms with Crippen LogP contribution >= 0.6 is 0 Å². The third-order valence-corrected chi connectivity index (χ3v) is 3.69. The standard InChI is InChI=1S/C15H20/c1-11-7-5-9-13(11)15(3,4)14-10-6-8-12(14)2/h7-10H,5-6H2,1-4H3. The van der Waals surface area contributed by atoms with E-state index in [1.807, 2.05) is 0 Å². The van der Waals surface area contributed by atoms with E-state index in [-0.39, 0.29) is 5.41 Å². The lowest BCUT2D eigenvalue weighted by Crippen LogP contribution is -2.18. The molecule has 0 nitrogen and oxygen atoms in total. The summed E-state index contributed by atoms with van der Waals surface area (Å²) >= 11 is 0. The zero-order chi connectivity index (χ0) is 11.1. The fraction of sp³-hybridized carbons (Fsp3) is 0.467. The summed E-state index contributed by atoms with van der Waals surface area (Å²) in [5, 5.41) is 0. The summed E-state index contributed by atoms with van der Waals surface area (Å²) < 4.78 is 0. The third-order valence-electron chi connectivity index (χ3n) is 3.69. The molecule has 0 aromatic carbocycles. The Bertz CT molecular complexity index is 360. The molecule has 0 bridgehead atoms. The van der Waals surface area contributed by atoms with Gasteiger partial charge in [0.2, 0.25) is 0 Å². The van der Waals surface area contributed by atoms with Gasteiger partial charge in [0.15, 0.2) is 0 Å². The van der Waals surface area contributed by atoms with Crippen LogP contribution in [0.4, 0.5) is 0 Å². The van der Waals surface area contributed by atoms with E-state index in [2.05, 4.69) is 52.0 Å². The lowest BCUT2D eigenvalue weighted by atomic mass is 9.74. The van der Waals surface area contributed by atoms with Gasteiger partial charge < -0.3 is 0 Å². The first kappa shape index (κ1) is 10.5. The quantitative estimate of drug-likeness (QED) is 0.612. The van der Waals surface area contributed by atoms with Crippen molar-refractivity contribution in [3.8, 4) is 0 Å². The van der Waals surface area contributed by atoms with Gasteiger partial charge in [-0.2, -0.15) is 0 Å². The second-order valence-corrected chi connectivity index (χ2v) is 5.11. The highest BCUT2D eigenvalue weighted by Crippen LogP contribution is 2.45. The fourth-order valence-electron chi connectivity index (χ4n) is 2.89. The summed E-state index contributed by atoms with van der Waals surface area (Å²) in [7, 11) is 0. The molecule has 0 spiro atoms. The maximum Gasteiger partial charge on any atom is 0.0145 e. The lowest BCUT2D eigenvalue weighted by Gasteiger charge is -2.30. The number of rotatable bonds is 2. The van der Waals surface area contributed by atoms with Crippen molar-refractivity contribution in [2.24, 2.45) is 5.41 Å². The van der Waals surface area contributed by atoms with Crippen molar-refractivity contribution < 1.29 is 0 Å². The van der Waals surface area contributed by atoms with Gasteiger partial charge in [0.05, 0.1) is 0 Å². The second kappa shape index (κ2) is 3.52. The first-order valence-electron chi connectivity index (χ1n) is 5.79. The van der Waals surface area contributed by atoms with Gasteiger partial charge in [-0.05, 0) is 37.8 Å². The second-order valence-electron chi connectivity index (χ2n) is 5.11. The molecule has 0 atom stereocenters. The minimum atomic E-state index is 0.189. The first-order chi connectivity index (χ1) is 7.03. The molecule has 0 heterocycles. The molecule has 15 heavy (non-hydrogen) atoms. The summed E-state index contributed by atoms with van der Waals surface area (Å²) in [5.74, 6) is 0. The number of allylic oxidation sites excluding steroid dienone is 8. The van der Waals surface area contributed by atoms with E-state index in [1.54, 1.807) is 0 Å². The van der Waals surface area contributed by atoms with Crippen LogP contribution in [0.5, 0.6) is 0 Å². The van der Waals surface area contributed by atoms with Crippen molar-refractivity contribution in [3.63, 3.8) is 0 Å². The monoisotopic (exact) mass is 200 g/mol. The summed E-state index contributed by atoms with van der Waals surface area (Å²) in [4.78, 5) is 0. The predicted octanol–water partition coefficient (Wildman–Crippen LogP) is 4.57. The van der Waals surface area contributed by atoms with E-state index in [9.17, 15) is 0 Å². The molecule has 2 aliphatic carbocycles. The Morgan fingerprint density at radius 1 is 0.800 bits per heavy atom. The third kappa shape index (κ3) is 1.62. The maximum absolute atomic E-state index is 2.38. The molecule has 2 rings (SSSR count). The smallest absolute Gasteiger partial charge is 0.0145 e. The van der Waals surface area contributed by atoms with E-state index in [1.165, 1.54) is 22.3 Å². The Morgan fingerprint density at radius 2 is 1.20 bits per heavy atom. The molecule has 0 amide bonds. The van der Waals surface area contributed by atoms with Gasteiger partial charge in [0.25, 0.3) is 0 Å². The van der Waals surface area contributed by atoms with Gasteiger partial charge in [-0.1, -0.05) is 49.3 Å². The van der Waals surface area contributed by atoms with Crippen LogP contribution in [0.2, 0.25) is 0 Å². The van der Waals surface area contributed by atoms with Crippen LogP contribution < -0.4 is 0 Å². The van der Waals surface area contributed by atoms with E-state index >= 15 is 0 Å². The van der Waals surface area contributed by atoms with Gasteiger partial charge >= 0.3 is 0 Å². The Balaban J connectivity index is 2.36. The van der Waals surface area contributed by atoms with Crippen molar-refractivity contribution in [3.05, 3.63) is 46.6 Å². The Labute approximate surface area is 93.1 Å². The highest BCUT2D eigenvalue weighted by molar-refractivity contribution is 5.51. The molecule has 0 N–H and O–H groups in total. The van der Waals surface area contributed by atoms with Crippen molar-refractivity contribution >= 4 is 0 Å². The molecule has 0 radical (unpaired) electrons. The van der Waals surface area contributed by atoms with E-state index < -0.39 is 0 Å². The van der Waals surface area contributed by atoms with Crippen LogP contribution in [0.25, 0.3) is 0 Å². The van der Waals surface area contributed by atoms with Crippen LogP contribution in [0.1, 0.15) is 40.5 Å². The van der Waals surface area contributed by atoms with E-state index in [0.29, 0.717) is 0 Å². The Morgan fingerprint density at radius 3 is 1.47 bits per heavy atom. The molecule has 0 aliphatic heterocycles. The van der Waals surface area contributed by atoms with Crippen LogP contribution in [0, 0.1) is 5.41 Å². The molecule has 0 fully saturated rings. The average Bonchev–Trinajstić information content (AvgIpc) is 2.73. The average molecular weight is 200 g/mol. The van der Waals surface area contributed by atoms with Crippen LogP contribution in [0.3, 0.4) is 0 Å². The Hall–Kier alpha value is -1.04. The van der Waals surface area contributed by atoms with Gasteiger partial charge in [-0.25, -0.2) is 0 Å². The van der Waals surface area contributed by atoms with Crippen molar-refractivity contribution in [2.75, 3.05) is 0 Å². The molecule has 0 aromatic heterocycles. The van der Waals surface area contributed by atoms with E-state index in [0.717, 1.165) is 12.8 Å². The summed E-state index contributed by atoms with van der Waals surface area (Å²) in [6.45, 7) is 9.15. The SMILES string of the molecule is CC1=CCC=C1C(C)(C)C1=CCC=C1C. The normalized spacial score (nSPS) is 21.1. The lowest BCUT2D eigenvalue weighted by molar-refractivity contribution is 0.554. The summed E-state index contributed by atoms with van der Waals surface area (Å²) in [6.07, 6.45) is 11.6. The van der Waals surface area contributed by atoms with E-state index in [4.69, 9.17) is 0 Å². The van der Waals surface area contributed by atoms with Gasteiger partial charge in [0, 0.05) is 5.41 Å². The largest absolute Gasteiger partial charge is 0.0775 e. The predicted molar refractivity (Wildman–Crippen MR) is 66.7 cm³/mol. The van der Waals surface area contributed by atoms with Crippen LogP contribution in [-0.2, 0) is 0 Å². The van der Waals surface area contributed by atoms with Crippen molar-refractivity contribution in [1.82, 2.24) is 0 Å². The van der Waals surface area contributed by atoms with Crippen LogP contribution in [0.15, 0.2) is 46.6 Å². The molecular weight excluding hydrogens is 180 g/mol. The molecular formula is C15H20. The topological polar surface area (TPSA) is 0 Å². The zero-order valence-corrected chi connectivity index (χ0v) is 10.2. The minimum Gasteiger partial charge on any atom is -0.0775 e.